The summed E-state index contributed by atoms with van der Waals surface area (Å²) in [5, 5.41) is 6.67. The number of hydrogen-bond donors (Lipinski definition) is 1. The van der Waals surface area contributed by atoms with Gasteiger partial charge in [0.25, 0.3) is 0 Å². The van der Waals surface area contributed by atoms with Crippen molar-refractivity contribution in [3.8, 4) is 0 Å². The molecule has 0 saturated carbocycles. The molecule has 3 nitrogen and oxygen atoms in total. The molecule has 19 heavy (non-hydrogen) atoms. The molecule has 1 heterocycles. The van der Waals surface area contributed by atoms with E-state index in [9.17, 15) is 0 Å². The van der Waals surface area contributed by atoms with Gasteiger partial charge in [-0.05, 0) is 32.6 Å². The van der Waals surface area contributed by atoms with Crippen LogP contribution in [-0.2, 0) is 17.9 Å². The van der Waals surface area contributed by atoms with Crippen LogP contribution in [0.4, 0.5) is 0 Å². The van der Waals surface area contributed by atoms with Gasteiger partial charge in [-0.15, -0.1) is 11.3 Å². The summed E-state index contributed by atoms with van der Waals surface area (Å²) < 4.78 is 5.68. The van der Waals surface area contributed by atoms with Crippen LogP contribution >= 0.6 is 11.3 Å². The van der Waals surface area contributed by atoms with Crippen LogP contribution in [0.5, 0.6) is 0 Å². The molecule has 0 fully saturated rings. The van der Waals surface area contributed by atoms with Crippen LogP contribution in [0.1, 0.15) is 58.7 Å². The molecule has 0 aliphatic heterocycles. The molecule has 4 heteroatoms. The summed E-state index contributed by atoms with van der Waals surface area (Å²) in [7, 11) is 0. The van der Waals surface area contributed by atoms with Crippen molar-refractivity contribution in [3.05, 3.63) is 16.1 Å². The number of aromatic nitrogens is 1. The van der Waals surface area contributed by atoms with E-state index in [2.05, 4.69) is 57.2 Å². The van der Waals surface area contributed by atoms with Crippen molar-refractivity contribution >= 4 is 11.3 Å². The third-order valence-electron chi connectivity index (χ3n) is 2.62. The Kier molecular flexibility index (Phi) is 5.96. The molecular formula is C15H28N2OS. The maximum Gasteiger partial charge on any atom is 0.107 e. The second-order valence-electron chi connectivity index (χ2n) is 7.20. The lowest BCUT2D eigenvalue weighted by molar-refractivity contribution is 0.0943. The van der Waals surface area contributed by atoms with Gasteiger partial charge in [0.05, 0.1) is 12.3 Å². The van der Waals surface area contributed by atoms with E-state index in [0.29, 0.717) is 12.0 Å². The van der Waals surface area contributed by atoms with Gasteiger partial charge in [-0.2, -0.15) is 0 Å². The summed E-state index contributed by atoms with van der Waals surface area (Å²) in [6.07, 6.45) is 1.08. The van der Waals surface area contributed by atoms with Crippen LogP contribution in [-0.4, -0.2) is 17.1 Å². The average Bonchev–Trinajstić information content (AvgIpc) is 2.67. The van der Waals surface area contributed by atoms with Crippen LogP contribution in [0.3, 0.4) is 0 Å². The Hall–Kier alpha value is -0.450. The highest BCUT2D eigenvalue weighted by molar-refractivity contribution is 7.09. The first-order valence-corrected chi connectivity index (χ1v) is 7.80. The van der Waals surface area contributed by atoms with Crippen LogP contribution in [0, 0.1) is 5.41 Å². The van der Waals surface area contributed by atoms with Crippen molar-refractivity contribution in [2.75, 3.05) is 6.61 Å². The second-order valence-corrected chi connectivity index (χ2v) is 8.14. The molecule has 0 unspecified atom stereocenters. The fourth-order valence-corrected chi connectivity index (χ4v) is 2.11. The predicted octanol–water partition coefficient (Wildman–Crippen LogP) is 3.98. The Bertz CT molecular complexity index is 374. The lowest BCUT2D eigenvalue weighted by Crippen LogP contribution is -2.35. The number of nitrogens with one attached hydrogen (secondary N) is 1. The number of hydrogen-bond acceptors (Lipinski definition) is 4. The standard InChI is InChI=1S/C15H28N2OS/c1-14(2,3)7-8-18-10-12-11-19-13(17-12)9-16-15(4,5)6/h11,16H,7-10H2,1-6H3. The number of thiazole rings is 1. The smallest absolute Gasteiger partial charge is 0.107 e. The van der Waals surface area contributed by atoms with Crippen molar-refractivity contribution in [1.29, 1.82) is 0 Å². The quantitative estimate of drug-likeness (QED) is 0.802. The Morgan fingerprint density at radius 2 is 1.89 bits per heavy atom. The Morgan fingerprint density at radius 1 is 1.21 bits per heavy atom. The minimum atomic E-state index is 0.134. The normalized spacial score (nSPS) is 12.9. The minimum Gasteiger partial charge on any atom is -0.375 e. The van der Waals surface area contributed by atoms with Crippen LogP contribution in [0.15, 0.2) is 5.38 Å². The van der Waals surface area contributed by atoms with Gasteiger partial charge >= 0.3 is 0 Å². The molecule has 0 aliphatic rings. The molecule has 0 amide bonds. The first-order valence-electron chi connectivity index (χ1n) is 6.92. The summed E-state index contributed by atoms with van der Waals surface area (Å²) in [6, 6.07) is 0. The lowest BCUT2D eigenvalue weighted by atomic mass is 9.93. The molecule has 0 spiro atoms. The van der Waals surface area contributed by atoms with Crippen molar-refractivity contribution in [1.82, 2.24) is 10.3 Å². The van der Waals surface area contributed by atoms with Gasteiger partial charge in [-0.25, -0.2) is 4.98 Å². The molecule has 0 saturated heterocycles. The Balaban J connectivity index is 2.27. The third kappa shape index (κ3) is 8.35. The molecule has 1 aromatic heterocycles. The van der Waals surface area contributed by atoms with Crippen LogP contribution in [0.25, 0.3) is 0 Å². The molecule has 0 bridgehead atoms. The van der Waals surface area contributed by atoms with Crippen molar-refractivity contribution < 1.29 is 4.74 Å². The number of nitrogens with zero attached hydrogens (tertiary/aromatic N) is 1. The molecule has 0 radical (unpaired) electrons. The van der Waals surface area contributed by atoms with Crippen molar-refractivity contribution in [2.24, 2.45) is 5.41 Å². The number of ether oxygens (including phenoxy) is 1. The van der Waals surface area contributed by atoms with Crippen molar-refractivity contribution in [3.63, 3.8) is 0 Å². The highest BCUT2D eigenvalue weighted by atomic mass is 32.1. The average molecular weight is 284 g/mol. The van der Waals surface area contributed by atoms with E-state index in [4.69, 9.17) is 4.74 Å². The molecule has 1 aromatic rings. The highest BCUT2D eigenvalue weighted by Crippen LogP contribution is 2.18. The second kappa shape index (κ2) is 6.82. The lowest BCUT2D eigenvalue weighted by Gasteiger charge is -2.19. The maximum atomic E-state index is 5.68. The molecule has 1 rings (SSSR count). The monoisotopic (exact) mass is 284 g/mol. The van der Waals surface area contributed by atoms with Gasteiger partial charge in [-0.1, -0.05) is 20.8 Å². The molecule has 0 aliphatic carbocycles. The third-order valence-corrected chi connectivity index (χ3v) is 3.51. The van der Waals surface area contributed by atoms with Crippen LogP contribution in [0.2, 0.25) is 0 Å². The fraction of sp³-hybridized carbons (Fsp3) is 0.800. The summed E-state index contributed by atoms with van der Waals surface area (Å²) in [5.41, 5.74) is 1.52. The predicted molar refractivity (Wildman–Crippen MR) is 82.4 cm³/mol. The van der Waals surface area contributed by atoms with E-state index in [1.54, 1.807) is 11.3 Å². The first-order chi connectivity index (χ1) is 8.66. The Labute approximate surface area is 121 Å². The number of rotatable bonds is 6. The van der Waals surface area contributed by atoms with E-state index in [0.717, 1.165) is 30.3 Å². The van der Waals surface area contributed by atoms with E-state index >= 15 is 0 Å². The van der Waals surface area contributed by atoms with Gasteiger partial charge < -0.3 is 10.1 Å². The van der Waals surface area contributed by atoms with Gasteiger partial charge in [0.2, 0.25) is 0 Å². The largest absolute Gasteiger partial charge is 0.375 e. The van der Waals surface area contributed by atoms with Gasteiger partial charge in [0.1, 0.15) is 5.01 Å². The zero-order chi connectivity index (χ0) is 14.5. The van der Waals surface area contributed by atoms with Gasteiger partial charge in [0, 0.05) is 24.1 Å². The minimum absolute atomic E-state index is 0.134. The SMILES string of the molecule is CC(C)(C)CCOCc1csc(CNC(C)(C)C)n1. The van der Waals surface area contributed by atoms with E-state index in [1.807, 2.05) is 0 Å². The van der Waals surface area contributed by atoms with Crippen LogP contribution < -0.4 is 5.32 Å². The van der Waals surface area contributed by atoms with E-state index < -0.39 is 0 Å². The fourth-order valence-electron chi connectivity index (χ4n) is 1.39. The highest BCUT2D eigenvalue weighted by Gasteiger charge is 2.11. The maximum absolute atomic E-state index is 5.68. The molecular weight excluding hydrogens is 256 g/mol. The first kappa shape index (κ1) is 16.6. The summed E-state index contributed by atoms with van der Waals surface area (Å²) >= 11 is 1.70. The molecule has 0 atom stereocenters. The van der Waals surface area contributed by atoms with Crippen molar-refractivity contribution in [2.45, 2.75) is 66.7 Å². The van der Waals surface area contributed by atoms with E-state index in [1.165, 1.54) is 0 Å². The summed E-state index contributed by atoms with van der Waals surface area (Å²) in [5.74, 6) is 0. The topological polar surface area (TPSA) is 34.1 Å². The molecule has 1 N–H and O–H groups in total. The van der Waals surface area contributed by atoms with Gasteiger partial charge in [-0.3, -0.25) is 0 Å². The molecule has 0 aromatic carbocycles. The molecule has 110 valence electrons. The Morgan fingerprint density at radius 3 is 2.47 bits per heavy atom. The van der Waals surface area contributed by atoms with E-state index in [-0.39, 0.29) is 5.54 Å². The zero-order valence-electron chi connectivity index (χ0n) is 13.2. The summed E-state index contributed by atoms with van der Waals surface area (Å²) in [4.78, 5) is 4.58. The summed E-state index contributed by atoms with van der Waals surface area (Å²) in [6.45, 7) is 15.4. The van der Waals surface area contributed by atoms with Gasteiger partial charge in [0.15, 0.2) is 0 Å². The zero-order valence-corrected chi connectivity index (χ0v) is 14.0.